The number of nitrogens with one attached hydrogen (secondary N) is 1. The number of phenols is 1. The SMILES string of the molecule is O=C(NC12CC3CC(CC(C3)C1)C2)c1cc(Cl)cc(Cl)c1O. The van der Waals surface area contributed by atoms with Crippen LogP contribution in [0.25, 0.3) is 0 Å². The van der Waals surface area contributed by atoms with Crippen molar-refractivity contribution >= 4 is 29.1 Å². The third-order valence-electron chi connectivity index (χ3n) is 5.69. The minimum atomic E-state index is -0.260. The van der Waals surface area contributed by atoms with E-state index in [-0.39, 0.29) is 27.8 Å². The van der Waals surface area contributed by atoms with Crippen molar-refractivity contribution in [1.29, 1.82) is 0 Å². The third kappa shape index (κ3) is 2.39. The van der Waals surface area contributed by atoms with Crippen LogP contribution in [0.1, 0.15) is 48.9 Å². The van der Waals surface area contributed by atoms with Crippen molar-refractivity contribution in [3.05, 3.63) is 27.7 Å². The fourth-order valence-corrected chi connectivity index (χ4v) is 5.80. The van der Waals surface area contributed by atoms with E-state index in [0.717, 1.165) is 37.0 Å². The topological polar surface area (TPSA) is 49.3 Å². The molecule has 2 N–H and O–H groups in total. The number of carbonyl (C=O) groups excluding carboxylic acids is 1. The molecule has 5 heteroatoms. The second-order valence-electron chi connectivity index (χ2n) is 7.44. The maximum Gasteiger partial charge on any atom is 0.255 e. The minimum Gasteiger partial charge on any atom is -0.506 e. The Labute approximate surface area is 140 Å². The van der Waals surface area contributed by atoms with E-state index in [4.69, 9.17) is 23.2 Å². The lowest BCUT2D eigenvalue weighted by atomic mass is 9.53. The Hall–Kier alpha value is -0.930. The molecule has 0 heterocycles. The highest BCUT2D eigenvalue weighted by Crippen LogP contribution is 2.55. The molecule has 22 heavy (non-hydrogen) atoms. The molecule has 4 fully saturated rings. The largest absolute Gasteiger partial charge is 0.506 e. The van der Waals surface area contributed by atoms with Crippen LogP contribution in [0.4, 0.5) is 0 Å². The fourth-order valence-electron chi connectivity index (χ4n) is 5.31. The van der Waals surface area contributed by atoms with Crippen LogP contribution in [-0.4, -0.2) is 16.6 Å². The van der Waals surface area contributed by atoms with Crippen LogP contribution in [0.3, 0.4) is 0 Å². The highest BCUT2D eigenvalue weighted by atomic mass is 35.5. The van der Waals surface area contributed by atoms with E-state index in [9.17, 15) is 9.90 Å². The highest BCUT2D eigenvalue weighted by Gasteiger charge is 2.51. The number of rotatable bonds is 2. The zero-order chi connectivity index (χ0) is 15.5. The van der Waals surface area contributed by atoms with Gasteiger partial charge >= 0.3 is 0 Å². The summed E-state index contributed by atoms with van der Waals surface area (Å²) in [5.74, 6) is 1.81. The molecule has 0 spiro atoms. The van der Waals surface area contributed by atoms with E-state index in [1.165, 1.54) is 31.4 Å². The molecule has 4 aliphatic carbocycles. The molecule has 0 atom stereocenters. The third-order valence-corrected chi connectivity index (χ3v) is 6.20. The summed E-state index contributed by atoms with van der Waals surface area (Å²) < 4.78 is 0. The van der Waals surface area contributed by atoms with Gasteiger partial charge in [0.2, 0.25) is 0 Å². The van der Waals surface area contributed by atoms with Gasteiger partial charge in [0.1, 0.15) is 5.75 Å². The molecule has 0 aromatic heterocycles. The van der Waals surface area contributed by atoms with Gasteiger partial charge in [-0.1, -0.05) is 23.2 Å². The number of benzene rings is 1. The van der Waals surface area contributed by atoms with Gasteiger partial charge in [-0.2, -0.15) is 0 Å². The predicted octanol–water partition coefficient (Wildman–Crippen LogP) is 4.40. The molecule has 1 aromatic carbocycles. The predicted molar refractivity (Wildman–Crippen MR) is 86.5 cm³/mol. The van der Waals surface area contributed by atoms with Crippen molar-refractivity contribution in [3.63, 3.8) is 0 Å². The lowest BCUT2D eigenvalue weighted by Crippen LogP contribution is -2.59. The summed E-state index contributed by atoms with van der Waals surface area (Å²) in [4.78, 5) is 12.7. The fraction of sp³-hybridized carbons (Fsp3) is 0.588. The Kier molecular flexibility index (Phi) is 3.35. The van der Waals surface area contributed by atoms with E-state index in [1.807, 2.05) is 0 Å². The van der Waals surface area contributed by atoms with Gasteiger partial charge in [-0.3, -0.25) is 4.79 Å². The van der Waals surface area contributed by atoms with Gasteiger partial charge in [-0.05, 0) is 68.4 Å². The highest BCUT2D eigenvalue weighted by molar-refractivity contribution is 6.36. The van der Waals surface area contributed by atoms with Crippen molar-refractivity contribution in [3.8, 4) is 5.75 Å². The summed E-state index contributed by atoms with van der Waals surface area (Å²) in [6, 6.07) is 2.93. The van der Waals surface area contributed by atoms with Crippen molar-refractivity contribution in [2.75, 3.05) is 0 Å². The van der Waals surface area contributed by atoms with Crippen molar-refractivity contribution in [2.45, 2.75) is 44.1 Å². The standard InChI is InChI=1S/C17H19Cl2NO2/c18-12-4-13(15(21)14(19)5-12)16(22)20-17-6-9-1-10(7-17)3-11(2-9)8-17/h4-5,9-11,21H,1-3,6-8H2,(H,20,22). The summed E-state index contributed by atoms with van der Waals surface area (Å²) in [6.07, 6.45) is 7.18. The van der Waals surface area contributed by atoms with E-state index >= 15 is 0 Å². The molecule has 0 aliphatic heterocycles. The first-order valence-corrected chi connectivity index (χ1v) is 8.70. The van der Waals surface area contributed by atoms with E-state index in [2.05, 4.69) is 5.32 Å². The number of hydrogen-bond acceptors (Lipinski definition) is 2. The monoisotopic (exact) mass is 339 g/mol. The Balaban J connectivity index is 1.60. The Morgan fingerprint density at radius 1 is 1.09 bits per heavy atom. The average molecular weight is 340 g/mol. The van der Waals surface area contributed by atoms with Gasteiger partial charge in [0.25, 0.3) is 5.91 Å². The van der Waals surface area contributed by atoms with Crippen LogP contribution in [0.2, 0.25) is 10.0 Å². The number of halogens is 2. The van der Waals surface area contributed by atoms with Gasteiger partial charge in [0, 0.05) is 10.6 Å². The van der Waals surface area contributed by atoms with E-state index in [0.29, 0.717) is 5.02 Å². The van der Waals surface area contributed by atoms with Crippen LogP contribution in [0.5, 0.6) is 5.75 Å². The van der Waals surface area contributed by atoms with Crippen molar-refractivity contribution in [1.82, 2.24) is 5.32 Å². The van der Waals surface area contributed by atoms with Crippen LogP contribution < -0.4 is 5.32 Å². The second-order valence-corrected chi connectivity index (χ2v) is 8.28. The number of aromatic hydroxyl groups is 1. The van der Waals surface area contributed by atoms with Crippen LogP contribution in [0, 0.1) is 17.8 Å². The van der Waals surface area contributed by atoms with Crippen molar-refractivity contribution in [2.24, 2.45) is 17.8 Å². The van der Waals surface area contributed by atoms with Crippen molar-refractivity contribution < 1.29 is 9.90 Å². The van der Waals surface area contributed by atoms with Crippen LogP contribution in [0.15, 0.2) is 12.1 Å². The van der Waals surface area contributed by atoms with Gasteiger partial charge in [0.05, 0.1) is 10.6 Å². The summed E-state index contributed by atoms with van der Waals surface area (Å²) in [6.45, 7) is 0. The maximum absolute atomic E-state index is 12.7. The van der Waals surface area contributed by atoms with Crippen LogP contribution >= 0.6 is 23.2 Å². The van der Waals surface area contributed by atoms with E-state index < -0.39 is 0 Å². The molecule has 4 bridgehead atoms. The summed E-state index contributed by atoms with van der Waals surface area (Å²) in [5, 5.41) is 13.7. The second kappa shape index (κ2) is 5.04. The smallest absolute Gasteiger partial charge is 0.255 e. The van der Waals surface area contributed by atoms with Gasteiger partial charge in [-0.15, -0.1) is 0 Å². The molecule has 4 aliphatic rings. The van der Waals surface area contributed by atoms with Gasteiger partial charge in [-0.25, -0.2) is 0 Å². The summed E-state index contributed by atoms with van der Waals surface area (Å²) >= 11 is 11.9. The molecule has 5 rings (SSSR count). The molecule has 3 nitrogen and oxygen atoms in total. The minimum absolute atomic E-state index is 0.0902. The molecule has 1 amide bonds. The molecular formula is C17H19Cl2NO2. The summed E-state index contributed by atoms with van der Waals surface area (Å²) in [7, 11) is 0. The first kappa shape index (κ1) is 14.6. The van der Waals surface area contributed by atoms with E-state index in [1.54, 1.807) is 0 Å². The first-order valence-electron chi connectivity index (χ1n) is 7.95. The quantitative estimate of drug-likeness (QED) is 0.838. The molecule has 4 saturated carbocycles. The average Bonchev–Trinajstić information content (AvgIpc) is 2.40. The normalized spacial score (nSPS) is 35.6. The maximum atomic E-state index is 12.7. The zero-order valence-corrected chi connectivity index (χ0v) is 13.8. The molecule has 118 valence electrons. The Morgan fingerprint density at radius 2 is 1.64 bits per heavy atom. The molecule has 0 radical (unpaired) electrons. The number of hydrogen-bond donors (Lipinski definition) is 2. The summed E-state index contributed by atoms with van der Waals surface area (Å²) in [5.41, 5.74) is 0.0841. The zero-order valence-electron chi connectivity index (χ0n) is 12.2. The van der Waals surface area contributed by atoms with Crippen LogP contribution in [-0.2, 0) is 0 Å². The van der Waals surface area contributed by atoms with Gasteiger partial charge in [0.15, 0.2) is 0 Å². The molecular weight excluding hydrogens is 321 g/mol. The molecule has 0 unspecified atom stereocenters. The molecule has 1 aromatic rings. The number of carbonyl (C=O) groups is 1. The number of phenolic OH excluding ortho intramolecular Hbond substituents is 1. The molecule has 0 saturated heterocycles. The lowest BCUT2D eigenvalue weighted by molar-refractivity contribution is -0.0167. The Morgan fingerprint density at radius 3 is 2.18 bits per heavy atom. The Bertz CT molecular complexity index is 609. The lowest BCUT2D eigenvalue weighted by Gasteiger charge is -2.56. The number of amides is 1. The van der Waals surface area contributed by atoms with Gasteiger partial charge < -0.3 is 10.4 Å². The first-order chi connectivity index (χ1) is 10.4.